The maximum absolute atomic E-state index is 11.8. The highest BCUT2D eigenvalue weighted by Crippen LogP contribution is 2.30. The normalized spacial score (nSPS) is 12.3. The summed E-state index contributed by atoms with van der Waals surface area (Å²) in [4.78, 5) is 13.0. The molecule has 6 heteroatoms. The molecule has 0 aromatic heterocycles. The predicted molar refractivity (Wildman–Crippen MR) is 102 cm³/mol. The van der Waals surface area contributed by atoms with Crippen molar-refractivity contribution >= 4 is 23.9 Å². The Morgan fingerprint density at radius 3 is 2.58 bits per heavy atom. The summed E-state index contributed by atoms with van der Waals surface area (Å²) in [6.45, 7) is 0.412. The van der Waals surface area contributed by atoms with Gasteiger partial charge < -0.3 is 19.6 Å². The molecule has 0 radical (unpaired) electrons. The first-order chi connectivity index (χ1) is 12.7. The highest BCUT2D eigenvalue weighted by Gasteiger charge is 2.15. The van der Waals surface area contributed by atoms with E-state index in [1.54, 1.807) is 0 Å². The summed E-state index contributed by atoms with van der Waals surface area (Å²) in [6.07, 6.45) is 2.14. The van der Waals surface area contributed by atoms with Crippen molar-refractivity contribution in [1.82, 2.24) is 0 Å². The number of ether oxygens (including phenoxy) is 3. The molecular formula is C20H21NO4S. The number of esters is 1. The van der Waals surface area contributed by atoms with Gasteiger partial charge in [-0.05, 0) is 23.3 Å². The molecule has 1 N–H and O–H groups in total. The van der Waals surface area contributed by atoms with E-state index in [-0.39, 0.29) is 0 Å². The Hall–Kier alpha value is -2.57. The summed E-state index contributed by atoms with van der Waals surface area (Å²) >= 11 is 1.23. The van der Waals surface area contributed by atoms with E-state index in [4.69, 9.17) is 19.6 Å². The summed E-state index contributed by atoms with van der Waals surface area (Å²) in [5, 5.41) is 7.68. The molecule has 0 spiro atoms. The fraction of sp³-hybridized carbons (Fsp3) is 0.200. The van der Waals surface area contributed by atoms with Crippen LogP contribution in [0.3, 0.4) is 0 Å². The number of carbonyl (C=O) groups excluding carboxylic acids is 1. The molecule has 5 nitrogen and oxygen atoms in total. The molecule has 2 rings (SSSR count). The average Bonchev–Trinajstić information content (AvgIpc) is 2.68. The van der Waals surface area contributed by atoms with Crippen molar-refractivity contribution in [2.75, 3.05) is 14.2 Å². The molecule has 1 unspecified atom stereocenters. The molecule has 2 aromatic carbocycles. The van der Waals surface area contributed by atoms with E-state index < -0.39 is 12.1 Å². The summed E-state index contributed by atoms with van der Waals surface area (Å²) in [5.41, 5.74) is 1.88. The second-order valence-electron chi connectivity index (χ2n) is 5.27. The molecule has 0 saturated carbocycles. The zero-order valence-electron chi connectivity index (χ0n) is 14.7. The predicted octanol–water partition coefficient (Wildman–Crippen LogP) is 4.35. The van der Waals surface area contributed by atoms with Crippen LogP contribution in [0.1, 0.15) is 17.2 Å². The van der Waals surface area contributed by atoms with E-state index in [2.05, 4.69) is 0 Å². The Bertz CT molecular complexity index is 761. The van der Waals surface area contributed by atoms with E-state index in [1.807, 2.05) is 54.6 Å². The second kappa shape index (κ2) is 10.4. The van der Waals surface area contributed by atoms with Crippen molar-refractivity contribution in [2.45, 2.75) is 17.6 Å². The van der Waals surface area contributed by atoms with E-state index in [9.17, 15) is 4.79 Å². The Labute approximate surface area is 157 Å². The van der Waals surface area contributed by atoms with Crippen LogP contribution in [-0.2, 0) is 25.6 Å². The van der Waals surface area contributed by atoms with E-state index in [1.165, 1.54) is 38.5 Å². The number of hydrogen-bond donors (Lipinski definition) is 1. The molecule has 1 atom stereocenters. The number of carbonyl (C=O) groups is 1. The third-order valence-electron chi connectivity index (χ3n) is 3.45. The van der Waals surface area contributed by atoms with Crippen LogP contribution in [-0.4, -0.2) is 26.4 Å². The quantitative estimate of drug-likeness (QED) is 0.233. The molecule has 0 amide bonds. The number of benzene rings is 2. The first-order valence-electron chi connectivity index (χ1n) is 7.93. The summed E-state index contributed by atoms with van der Waals surface area (Å²) in [7, 11) is 2.80. The average molecular weight is 371 g/mol. The van der Waals surface area contributed by atoms with Crippen molar-refractivity contribution in [3.8, 4) is 0 Å². The molecule has 0 aliphatic rings. The lowest BCUT2D eigenvalue weighted by Gasteiger charge is -2.15. The van der Waals surface area contributed by atoms with Gasteiger partial charge in [-0.25, -0.2) is 4.79 Å². The fourth-order valence-corrected chi connectivity index (χ4v) is 3.11. The van der Waals surface area contributed by atoms with Crippen molar-refractivity contribution in [3.63, 3.8) is 0 Å². The van der Waals surface area contributed by atoms with Crippen LogP contribution in [0.4, 0.5) is 0 Å². The van der Waals surface area contributed by atoms with Crippen LogP contribution in [0.25, 0.3) is 0 Å². The lowest BCUT2D eigenvalue weighted by molar-refractivity contribution is -0.135. The van der Waals surface area contributed by atoms with Crippen LogP contribution in [0, 0.1) is 5.41 Å². The lowest BCUT2D eigenvalue weighted by atomic mass is 10.1. The van der Waals surface area contributed by atoms with Crippen LogP contribution in [0.2, 0.25) is 0 Å². The summed E-state index contributed by atoms with van der Waals surface area (Å²) in [6, 6.07) is 17.3. The maximum Gasteiger partial charge on any atom is 0.347 e. The number of nitrogens with one attached hydrogen (secondary N) is 1. The Morgan fingerprint density at radius 1 is 1.15 bits per heavy atom. The first kappa shape index (κ1) is 19.8. The molecule has 0 heterocycles. The lowest BCUT2D eigenvalue weighted by Crippen LogP contribution is -2.06. The highest BCUT2D eigenvalue weighted by molar-refractivity contribution is 8.04. The van der Waals surface area contributed by atoms with Gasteiger partial charge in [0.05, 0.1) is 20.8 Å². The van der Waals surface area contributed by atoms with Gasteiger partial charge in [-0.3, -0.25) is 0 Å². The van der Waals surface area contributed by atoms with Gasteiger partial charge in [0.1, 0.15) is 17.3 Å². The zero-order valence-corrected chi connectivity index (χ0v) is 15.5. The van der Waals surface area contributed by atoms with Gasteiger partial charge >= 0.3 is 5.97 Å². The van der Waals surface area contributed by atoms with Crippen LogP contribution in [0.15, 0.2) is 70.7 Å². The Kier molecular flexibility index (Phi) is 7.92. The van der Waals surface area contributed by atoms with Crippen molar-refractivity contribution in [1.29, 1.82) is 5.41 Å². The van der Waals surface area contributed by atoms with Crippen molar-refractivity contribution < 1.29 is 19.0 Å². The molecule has 26 heavy (non-hydrogen) atoms. The third kappa shape index (κ3) is 5.75. The highest BCUT2D eigenvalue weighted by atomic mass is 32.2. The number of methoxy groups -OCH3 is 2. The van der Waals surface area contributed by atoms with Crippen molar-refractivity contribution in [2.24, 2.45) is 0 Å². The van der Waals surface area contributed by atoms with Gasteiger partial charge in [0, 0.05) is 11.1 Å². The van der Waals surface area contributed by atoms with Gasteiger partial charge in [0.25, 0.3) is 0 Å². The van der Waals surface area contributed by atoms with Crippen LogP contribution < -0.4 is 0 Å². The number of thioether (sulfide) groups is 1. The van der Waals surface area contributed by atoms with Gasteiger partial charge in [0.15, 0.2) is 0 Å². The standard InChI is InChI=1S/C20H21NO4S/c1-23-14-19(20(22)24-2)26-17-10-6-9-16(11-17)18(12-21)25-13-15-7-4-3-5-8-15/h3-12,14,18,21H,13H2,1-2H3/b19-14+,21-12?. The van der Waals surface area contributed by atoms with Gasteiger partial charge in [-0.1, -0.05) is 54.2 Å². The van der Waals surface area contributed by atoms with E-state index >= 15 is 0 Å². The molecule has 136 valence electrons. The fourth-order valence-electron chi connectivity index (χ4n) is 2.20. The molecular weight excluding hydrogens is 350 g/mol. The monoisotopic (exact) mass is 371 g/mol. The minimum absolute atomic E-state index is 0.337. The molecule has 0 saturated heterocycles. The van der Waals surface area contributed by atoms with Gasteiger partial charge in [-0.15, -0.1) is 0 Å². The van der Waals surface area contributed by atoms with Gasteiger partial charge in [-0.2, -0.15) is 0 Å². The number of rotatable bonds is 9. The minimum Gasteiger partial charge on any atom is -0.503 e. The van der Waals surface area contributed by atoms with Crippen LogP contribution in [0.5, 0.6) is 0 Å². The summed E-state index contributed by atoms with van der Waals surface area (Å²) < 4.78 is 15.6. The number of hydrogen-bond acceptors (Lipinski definition) is 6. The van der Waals surface area contributed by atoms with Gasteiger partial charge in [0.2, 0.25) is 0 Å². The SMILES string of the molecule is CO/C=C(/Sc1cccc(C(C=N)OCc2ccccc2)c1)C(=O)OC. The molecule has 2 aromatic rings. The second-order valence-corrected chi connectivity index (χ2v) is 6.38. The maximum atomic E-state index is 11.8. The van der Waals surface area contributed by atoms with E-state index in [0.29, 0.717) is 11.5 Å². The molecule has 0 aliphatic carbocycles. The van der Waals surface area contributed by atoms with Crippen LogP contribution >= 0.6 is 11.8 Å². The first-order valence-corrected chi connectivity index (χ1v) is 8.74. The summed E-state index contributed by atoms with van der Waals surface area (Å²) in [5.74, 6) is -0.466. The third-order valence-corrected chi connectivity index (χ3v) is 4.42. The Balaban J connectivity index is 2.11. The molecule has 0 aliphatic heterocycles. The molecule has 0 fully saturated rings. The minimum atomic E-state index is -0.469. The molecule has 0 bridgehead atoms. The largest absolute Gasteiger partial charge is 0.503 e. The zero-order chi connectivity index (χ0) is 18.8. The smallest absolute Gasteiger partial charge is 0.347 e. The topological polar surface area (TPSA) is 68.6 Å². The Morgan fingerprint density at radius 2 is 1.92 bits per heavy atom. The van der Waals surface area contributed by atoms with E-state index in [0.717, 1.165) is 16.0 Å². The van der Waals surface area contributed by atoms with Crippen molar-refractivity contribution in [3.05, 3.63) is 76.9 Å².